The van der Waals surface area contributed by atoms with Gasteiger partial charge in [-0.05, 0) is 17.7 Å². The smallest absolute Gasteiger partial charge is 0.409 e. The topological polar surface area (TPSA) is 149 Å². The van der Waals surface area contributed by atoms with Gasteiger partial charge in [-0.15, -0.1) is 6.54 Å². The first kappa shape index (κ1) is 32.7. The molecule has 0 aromatic heterocycles. The summed E-state index contributed by atoms with van der Waals surface area (Å²) < 4.78 is 16.6. The predicted molar refractivity (Wildman–Crippen MR) is 119 cm³/mol. The van der Waals surface area contributed by atoms with Gasteiger partial charge in [0.2, 0.25) is 6.29 Å². The van der Waals surface area contributed by atoms with E-state index in [9.17, 15) is 14.7 Å². The normalized spacial score (nSPS) is 23.1. The number of hydrogen-bond donors (Lipinski definition) is 3. The van der Waals surface area contributed by atoms with Crippen molar-refractivity contribution in [2.75, 3.05) is 40.9 Å². The molecule has 0 unspecified atom stereocenters. The van der Waals surface area contributed by atoms with Crippen LogP contribution in [-0.4, -0.2) is 91.8 Å². The van der Waals surface area contributed by atoms with E-state index in [2.05, 4.69) is 10.2 Å². The quantitative estimate of drug-likeness (QED) is 0.301. The number of carbonyl (C=O) groups is 2. The summed E-state index contributed by atoms with van der Waals surface area (Å²) in [5, 5.41) is 30.1. The minimum Gasteiger partial charge on any atom is -0.664 e. The molecule has 11 nitrogen and oxygen atoms in total. The summed E-state index contributed by atoms with van der Waals surface area (Å²) >= 11 is 0. The standard InChI is InChI=1S/C21H31N2O7.CH4O2.Y/c1-21(2)11-14(13-28-20(27)23(4)8-7-22-3)5-6-16(12-21)29-18-10-15(24)9-17(30-18)19(25)26;1-3-2;/h5-6,11-12,15,17-18,24H,7-10,13H2,1-4H3,(H,25,26);2H,1H3;/q-1;;/t15-,17-,18+;;/m0../s1. The molecule has 34 heavy (non-hydrogen) atoms. The summed E-state index contributed by atoms with van der Waals surface area (Å²) in [7, 11) is 4.53. The number of carboxylic acids is 1. The Morgan fingerprint density at radius 3 is 2.50 bits per heavy atom. The van der Waals surface area contributed by atoms with Crippen molar-refractivity contribution < 1.29 is 76.9 Å². The first-order chi connectivity index (χ1) is 15.5. The molecule has 1 radical (unpaired) electrons. The number of aliphatic hydroxyl groups is 1. The summed E-state index contributed by atoms with van der Waals surface area (Å²) in [4.78, 5) is 28.0. The molecule has 0 aromatic rings. The fourth-order valence-corrected chi connectivity index (χ4v) is 3.18. The number of carbonyl (C=O) groups excluding carboxylic acids is 1. The number of aliphatic hydroxyl groups excluding tert-OH is 1. The summed E-state index contributed by atoms with van der Waals surface area (Å²) in [5.41, 5.74) is 0.386. The van der Waals surface area contributed by atoms with Gasteiger partial charge >= 0.3 is 12.1 Å². The number of likely N-dealkylation sites (N-methyl/N-ethyl adjacent to an activating group) is 2. The monoisotopic (exact) mass is 560 g/mol. The Hall–Kier alpha value is -1.34. The SMILES string of the molecule is COO.C[N-]CCN(C)C(=O)OCC1=CC(C)(C)C=C(O[C@H]2C[C@@H](O)C[C@@H](C(=O)O)O2)C=C1.[Y]. The van der Waals surface area contributed by atoms with Gasteiger partial charge in [0.15, 0.2) is 6.10 Å². The van der Waals surface area contributed by atoms with E-state index in [-0.39, 0.29) is 52.2 Å². The Morgan fingerprint density at radius 1 is 1.26 bits per heavy atom. The van der Waals surface area contributed by atoms with Gasteiger partial charge in [0.1, 0.15) is 12.4 Å². The number of nitrogens with zero attached hydrogens (tertiary/aromatic N) is 2. The molecule has 1 saturated heterocycles. The maximum atomic E-state index is 12.1. The molecule has 1 heterocycles. The molecule has 1 aliphatic carbocycles. The van der Waals surface area contributed by atoms with Crippen LogP contribution in [0.1, 0.15) is 26.7 Å². The number of rotatable bonds is 8. The van der Waals surface area contributed by atoms with Gasteiger partial charge < -0.3 is 34.6 Å². The maximum absolute atomic E-state index is 12.1. The van der Waals surface area contributed by atoms with Gasteiger partial charge in [-0.3, -0.25) is 5.26 Å². The molecule has 3 N–H and O–H groups in total. The van der Waals surface area contributed by atoms with Crippen LogP contribution in [0, 0.1) is 5.41 Å². The maximum Gasteiger partial charge on any atom is 0.409 e. The van der Waals surface area contributed by atoms with Gasteiger partial charge in [0.25, 0.3) is 0 Å². The molecule has 2 rings (SSSR count). The molecule has 191 valence electrons. The fraction of sp³-hybridized carbons (Fsp3) is 0.636. The van der Waals surface area contributed by atoms with Crippen molar-refractivity contribution in [1.29, 1.82) is 0 Å². The third kappa shape index (κ3) is 12.4. The van der Waals surface area contributed by atoms with Crippen LogP contribution in [0.15, 0.2) is 35.6 Å². The van der Waals surface area contributed by atoms with Gasteiger partial charge in [-0.25, -0.2) is 14.5 Å². The first-order valence-electron chi connectivity index (χ1n) is 10.5. The molecule has 0 saturated carbocycles. The van der Waals surface area contributed by atoms with Crippen molar-refractivity contribution in [3.63, 3.8) is 0 Å². The van der Waals surface area contributed by atoms with Crippen LogP contribution < -0.4 is 0 Å². The van der Waals surface area contributed by atoms with Crippen molar-refractivity contribution in [1.82, 2.24) is 4.90 Å². The predicted octanol–water partition coefficient (Wildman–Crippen LogP) is 2.54. The van der Waals surface area contributed by atoms with Crippen molar-refractivity contribution in [2.24, 2.45) is 5.41 Å². The minimum atomic E-state index is -1.13. The zero-order valence-electron chi connectivity index (χ0n) is 20.3. The molecule has 0 bridgehead atoms. The zero-order valence-corrected chi connectivity index (χ0v) is 23.2. The Morgan fingerprint density at radius 2 is 1.91 bits per heavy atom. The fourth-order valence-electron chi connectivity index (χ4n) is 3.18. The molecule has 12 heteroatoms. The van der Waals surface area contributed by atoms with Gasteiger partial charge in [0, 0.05) is 64.6 Å². The van der Waals surface area contributed by atoms with E-state index in [1.54, 1.807) is 26.2 Å². The summed E-state index contributed by atoms with van der Waals surface area (Å²) in [6.45, 7) is 5.08. The van der Waals surface area contributed by atoms with E-state index < -0.39 is 36.0 Å². The van der Waals surface area contributed by atoms with Gasteiger partial charge in [-0.2, -0.15) is 7.05 Å². The second kappa shape index (κ2) is 16.4. The van der Waals surface area contributed by atoms with Crippen LogP contribution in [0.5, 0.6) is 0 Å². The van der Waals surface area contributed by atoms with E-state index in [0.717, 1.165) is 5.57 Å². The van der Waals surface area contributed by atoms with Gasteiger partial charge in [-0.1, -0.05) is 26.0 Å². The third-order valence-electron chi connectivity index (χ3n) is 4.68. The molecule has 1 aliphatic heterocycles. The number of amides is 1. The van der Waals surface area contributed by atoms with Crippen molar-refractivity contribution >= 4 is 12.1 Å². The van der Waals surface area contributed by atoms with Crippen LogP contribution in [0.4, 0.5) is 4.79 Å². The molecule has 0 spiro atoms. The van der Waals surface area contributed by atoms with Gasteiger partial charge in [0.05, 0.1) is 13.2 Å². The van der Waals surface area contributed by atoms with Crippen molar-refractivity contribution in [2.45, 2.75) is 45.2 Å². The van der Waals surface area contributed by atoms with E-state index in [1.807, 2.05) is 26.0 Å². The van der Waals surface area contributed by atoms with Crippen LogP contribution >= 0.6 is 0 Å². The summed E-state index contributed by atoms with van der Waals surface area (Å²) in [5.74, 6) is -0.640. The molecule has 0 aromatic carbocycles. The van der Waals surface area contributed by atoms with Crippen LogP contribution in [0.25, 0.3) is 5.32 Å². The van der Waals surface area contributed by atoms with Crippen LogP contribution in [-0.2, 0) is 56.6 Å². The Labute approximate surface area is 225 Å². The Bertz CT molecular complexity index is 740. The van der Waals surface area contributed by atoms with E-state index >= 15 is 0 Å². The average molecular weight is 560 g/mol. The zero-order chi connectivity index (χ0) is 25.0. The summed E-state index contributed by atoms with van der Waals surface area (Å²) in [6, 6.07) is 0. The molecule has 3 atom stereocenters. The first-order valence-corrected chi connectivity index (χ1v) is 10.5. The van der Waals surface area contributed by atoms with E-state index in [0.29, 0.717) is 18.8 Å². The second-order valence-corrected chi connectivity index (χ2v) is 8.25. The van der Waals surface area contributed by atoms with Crippen molar-refractivity contribution in [3.05, 3.63) is 41.0 Å². The molecular formula is C22H35N2O9Y-. The summed E-state index contributed by atoms with van der Waals surface area (Å²) in [6.07, 6.45) is 4.35. The second-order valence-electron chi connectivity index (χ2n) is 8.25. The molecule has 2 aliphatic rings. The van der Waals surface area contributed by atoms with Crippen LogP contribution in [0.3, 0.4) is 0 Å². The largest absolute Gasteiger partial charge is 0.664 e. The molecular weight excluding hydrogens is 525 g/mol. The molecule has 1 fully saturated rings. The number of allylic oxidation sites excluding steroid dienone is 3. The number of hydrogen-bond acceptors (Lipinski definition) is 8. The van der Waals surface area contributed by atoms with E-state index in [1.165, 1.54) is 12.0 Å². The molecule has 1 amide bonds. The third-order valence-corrected chi connectivity index (χ3v) is 4.68. The average Bonchev–Trinajstić information content (AvgIpc) is 2.87. The van der Waals surface area contributed by atoms with E-state index in [4.69, 9.17) is 24.6 Å². The number of ether oxygens (including phenoxy) is 3. The number of carboxylic acid groups (broad SMARTS) is 1. The number of aliphatic carboxylic acids is 1. The minimum absolute atomic E-state index is 0. The Kier molecular flexibility index (Phi) is 15.7. The van der Waals surface area contributed by atoms with Crippen molar-refractivity contribution in [3.8, 4) is 0 Å². The Balaban J connectivity index is 0.00000258. The van der Waals surface area contributed by atoms with Crippen LogP contribution in [0.2, 0.25) is 0 Å².